The monoisotopic (exact) mass is 286 g/mol. The molecule has 1 aliphatic rings. The summed E-state index contributed by atoms with van der Waals surface area (Å²) in [5.74, 6) is 0. The Balaban J connectivity index is 1.87. The normalized spacial score (nSPS) is 20.3. The first-order chi connectivity index (χ1) is 8.63. The summed E-state index contributed by atoms with van der Waals surface area (Å²) >= 11 is 12.0. The van der Waals surface area contributed by atoms with Gasteiger partial charge in [-0.3, -0.25) is 0 Å². The molecule has 0 saturated carbocycles. The van der Waals surface area contributed by atoms with E-state index in [0.717, 1.165) is 19.6 Å². The van der Waals surface area contributed by atoms with Crippen LogP contribution in [0, 0.1) is 0 Å². The second-order valence-corrected chi connectivity index (χ2v) is 5.99. The van der Waals surface area contributed by atoms with Gasteiger partial charge in [0, 0.05) is 29.2 Å². The van der Waals surface area contributed by atoms with Gasteiger partial charge in [-0.1, -0.05) is 29.6 Å². The van der Waals surface area contributed by atoms with E-state index in [1.54, 1.807) is 6.07 Å². The second-order valence-electron chi connectivity index (χ2n) is 5.12. The Morgan fingerprint density at radius 2 is 1.94 bits per heavy atom. The minimum absolute atomic E-state index is 0.624. The standard InChI is InChI=1S/C14H20Cl2N2/c1-18(10-14-4-2-3-5-17-14)9-11-6-12(15)8-13(16)7-11/h6-8,14,17H,2-5,9-10H2,1H3. The zero-order valence-corrected chi connectivity index (χ0v) is 12.3. The Morgan fingerprint density at radius 3 is 2.56 bits per heavy atom. The number of rotatable bonds is 4. The number of benzene rings is 1. The van der Waals surface area contributed by atoms with Gasteiger partial charge >= 0.3 is 0 Å². The summed E-state index contributed by atoms with van der Waals surface area (Å²) in [5.41, 5.74) is 1.17. The predicted molar refractivity (Wildman–Crippen MR) is 78.4 cm³/mol. The molecule has 0 amide bonds. The van der Waals surface area contributed by atoms with Crippen LogP contribution in [0.3, 0.4) is 0 Å². The van der Waals surface area contributed by atoms with E-state index in [-0.39, 0.29) is 0 Å². The van der Waals surface area contributed by atoms with E-state index in [4.69, 9.17) is 23.2 Å². The quantitative estimate of drug-likeness (QED) is 0.910. The average molecular weight is 287 g/mol. The van der Waals surface area contributed by atoms with E-state index in [2.05, 4.69) is 17.3 Å². The first-order valence-corrected chi connectivity index (χ1v) is 7.26. The molecule has 1 heterocycles. The van der Waals surface area contributed by atoms with E-state index in [9.17, 15) is 0 Å². The number of nitrogens with zero attached hydrogens (tertiary/aromatic N) is 1. The van der Waals surface area contributed by atoms with Crippen LogP contribution >= 0.6 is 23.2 Å². The molecule has 0 spiro atoms. The summed E-state index contributed by atoms with van der Waals surface area (Å²) in [6.07, 6.45) is 3.93. The summed E-state index contributed by atoms with van der Waals surface area (Å²) in [6.45, 7) is 3.12. The third kappa shape index (κ3) is 4.43. The topological polar surface area (TPSA) is 15.3 Å². The van der Waals surface area contributed by atoms with Gasteiger partial charge in [-0.2, -0.15) is 0 Å². The number of likely N-dealkylation sites (N-methyl/N-ethyl adjacent to an activating group) is 1. The Bertz CT molecular complexity index is 369. The SMILES string of the molecule is CN(Cc1cc(Cl)cc(Cl)c1)CC1CCCCN1. The molecule has 100 valence electrons. The van der Waals surface area contributed by atoms with Gasteiger partial charge in [0.05, 0.1) is 0 Å². The molecule has 1 aromatic rings. The summed E-state index contributed by atoms with van der Waals surface area (Å²) in [6, 6.07) is 6.37. The van der Waals surface area contributed by atoms with Gasteiger partial charge in [-0.05, 0) is 50.2 Å². The summed E-state index contributed by atoms with van der Waals surface area (Å²) in [4.78, 5) is 2.32. The van der Waals surface area contributed by atoms with Gasteiger partial charge < -0.3 is 10.2 Å². The number of piperidine rings is 1. The van der Waals surface area contributed by atoms with Crippen LogP contribution in [0.2, 0.25) is 10.0 Å². The fourth-order valence-corrected chi connectivity index (χ4v) is 3.11. The van der Waals surface area contributed by atoms with Gasteiger partial charge in [0.15, 0.2) is 0 Å². The maximum Gasteiger partial charge on any atom is 0.0424 e. The van der Waals surface area contributed by atoms with Crippen LogP contribution in [0.1, 0.15) is 24.8 Å². The molecule has 1 aromatic carbocycles. The third-order valence-electron chi connectivity index (χ3n) is 3.32. The van der Waals surface area contributed by atoms with E-state index in [0.29, 0.717) is 16.1 Å². The minimum atomic E-state index is 0.624. The Hall–Kier alpha value is -0.280. The lowest BCUT2D eigenvalue weighted by Crippen LogP contribution is -2.42. The number of hydrogen-bond donors (Lipinski definition) is 1. The van der Waals surface area contributed by atoms with Crippen molar-refractivity contribution < 1.29 is 0 Å². The fraction of sp³-hybridized carbons (Fsp3) is 0.571. The fourth-order valence-electron chi connectivity index (χ4n) is 2.53. The minimum Gasteiger partial charge on any atom is -0.313 e. The lowest BCUT2D eigenvalue weighted by molar-refractivity contribution is 0.256. The molecule has 1 aliphatic heterocycles. The molecule has 2 rings (SSSR count). The molecule has 0 aliphatic carbocycles. The summed E-state index contributed by atoms with van der Waals surface area (Å²) < 4.78 is 0. The van der Waals surface area contributed by atoms with E-state index < -0.39 is 0 Å². The molecule has 1 atom stereocenters. The van der Waals surface area contributed by atoms with Crippen molar-refractivity contribution in [3.8, 4) is 0 Å². The largest absolute Gasteiger partial charge is 0.313 e. The van der Waals surface area contributed by atoms with Crippen molar-refractivity contribution in [1.82, 2.24) is 10.2 Å². The predicted octanol–water partition coefficient (Wildman–Crippen LogP) is 3.57. The van der Waals surface area contributed by atoms with Gasteiger partial charge in [-0.15, -0.1) is 0 Å². The van der Waals surface area contributed by atoms with Crippen LogP contribution in [0.4, 0.5) is 0 Å². The first kappa shape index (κ1) is 14.1. The molecular weight excluding hydrogens is 267 g/mol. The number of hydrogen-bond acceptors (Lipinski definition) is 2. The lowest BCUT2D eigenvalue weighted by atomic mass is 10.0. The maximum atomic E-state index is 6.01. The zero-order valence-electron chi connectivity index (χ0n) is 10.8. The lowest BCUT2D eigenvalue weighted by Gasteiger charge is -2.28. The molecule has 1 N–H and O–H groups in total. The van der Waals surface area contributed by atoms with Crippen LogP contribution in [0.25, 0.3) is 0 Å². The van der Waals surface area contributed by atoms with Crippen molar-refractivity contribution in [2.24, 2.45) is 0 Å². The van der Waals surface area contributed by atoms with Crippen LogP contribution in [-0.4, -0.2) is 31.1 Å². The number of nitrogens with one attached hydrogen (secondary N) is 1. The molecule has 0 aromatic heterocycles. The molecule has 0 bridgehead atoms. The molecule has 0 radical (unpaired) electrons. The number of halogens is 2. The average Bonchev–Trinajstić information content (AvgIpc) is 2.28. The highest BCUT2D eigenvalue weighted by Crippen LogP contribution is 2.20. The highest BCUT2D eigenvalue weighted by Gasteiger charge is 2.14. The maximum absolute atomic E-state index is 6.01. The van der Waals surface area contributed by atoms with Gasteiger partial charge in [0.25, 0.3) is 0 Å². The van der Waals surface area contributed by atoms with Crippen LogP contribution in [0.15, 0.2) is 18.2 Å². The molecule has 4 heteroatoms. The van der Waals surface area contributed by atoms with Crippen molar-refractivity contribution in [1.29, 1.82) is 0 Å². The molecule has 18 heavy (non-hydrogen) atoms. The Kier molecular flexibility index (Phi) is 5.31. The van der Waals surface area contributed by atoms with Crippen molar-refractivity contribution in [3.63, 3.8) is 0 Å². The van der Waals surface area contributed by atoms with Crippen molar-refractivity contribution in [2.75, 3.05) is 20.1 Å². The van der Waals surface area contributed by atoms with Crippen molar-refractivity contribution >= 4 is 23.2 Å². The molecular formula is C14H20Cl2N2. The van der Waals surface area contributed by atoms with Crippen molar-refractivity contribution in [2.45, 2.75) is 31.8 Å². The Labute approximate surface area is 119 Å². The van der Waals surface area contributed by atoms with E-state index in [1.807, 2.05) is 12.1 Å². The van der Waals surface area contributed by atoms with E-state index >= 15 is 0 Å². The molecule has 1 unspecified atom stereocenters. The third-order valence-corrected chi connectivity index (χ3v) is 3.76. The zero-order chi connectivity index (χ0) is 13.0. The van der Waals surface area contributed by atoms with Crippen LogP contribution < -0.4 is 5.32 Å². The van der Waals surface area contributed by atoms with E-state index in [1.165, 1.54) is 24.8 Å². The smallest absolute Gasteiger partial charge is 0.0424 e. The van der Waals surface area contributed by atoms with Gasteiger partial charge in [-0.25, -0.2) is 0 Å². The molecule has 2 nitrogen and oxygen atoms in total. The first-order valence-electron chi connectivity index (χ1n) is 6.50. The highest BCUT2D eigenvalue weighted by molar-refractivity contribution is 6.34. The van der Waals surface area contributed by atoms with Gasteiger partial charge in [0.2, 0.25) is 0 Å². The highest BCUT2D eigenvalue weighted by atomic mass is 35.5. The molecule has 1 saturated heterocycles. The van der Waals surface area contributed by atoms with Crippen LogP contribution in [0.5, 0.6) is 0 Å². The summed E-state index contributed by atoms with van der Waals surface area (Å²) in [5, 5.41) is 4.98. The second kappa shape index (κ2) is 6.76. The van der Waals surface area contributed by atoms with Gasteiger partial charge in [0.1, 0.15) is 0 Å². The Morgan fingerprint density at radius 1 is 1.22 bits per heavy atom. The van der Waals surface area contributed by atoms with Crippen LogP contribution in [-0.2, 0) is 6.54 Å². The summed E-state index contributed by atoms with van der Waals surface area (Å²) in [7, 11) is 2.14. The van der Waals surface area contributed by atoms with Crippen molar-refractivity contribution in [3.05, 3.63) is 33.8 Å². The molecule has 1 fully saturated rings.